The van der Waals surface area contributed by atoms with E-state index in [1.54, 1.807) is 6.07 Å². The molecule has 2 nitrogen and oxygen atoms in total. The van der Waals surface area contributed by atoms with Crippen molar-refractivity contribution < 1.29 is 4.39 Å². The second-order valence-corrected chi connectivity index (χ2v) is 5.13. The van der Waals surface area contributed by atoms with Crippen molar-refractivity contribution >= 4 is 16.6 Å². The molecule has 0 fully saturated rings. The molecule has 1 aromatic heterocycles. The largest absolute Gasteiger partial charge is 0.388 e. The van der Waals surface area contributed by atoms with Crippen LogP contribution in [0.1, 0.15) is 25.1 Å². The lowest BCUT2D eigenvalue weighted by Gasteiger charge is -2.12. The quantitative estimate of drug-likeness (QED) is 0.887. The summed E-state index contributed by atoms with van der Waals surface area (Å²) in [6.07, 6.45) is 0.903. The molecule has 0 bridgehead atoms. The van der Waals surface area contributed by atoms with Crippen molar-refractivity contribution in [3.8, 4) is 0 Å². The summed E-state index contributed by atoms with van der Waals surface area (Å²) in [6, 6.07) is 5.12. The van der Waals surface area contributed by atoms with Crippen molar-refractivity contribution in [2.75, 3.05) is 12.4 Å². The first kappa shape index (κ1) is 12.8. The van der Waals surface area contributed by atoms with Gasteiger partial charge in [0.15, 0.2) is 0 Å². The maximum atomic E-state index is 13.5. The van der Waals surface area contributed by atoms with Crippen molar-refractivity contribution in [3.05, 3.63) is 35.3 Å². The average Bonchev–Trinajstić information content (AvgIpc) is 2.25. The molecule has 18 heavy (non-hydrogen) atoms. The highest BCUT2D eigenvalue weighted by Gasteiger charge is 2.10. The van der Waals surface area contributed by atoms with Gasteiger partial charge in [-0.25, -0.2) is 4.39 Å². The number of rotatable bonds is 3. The van der Waals surface area contributed by atoms with Crippen LogP contribution >= 0.6 is 0 Å². The second kappa shape index (κ2) is 4.92. The summed E-state index contributed by atoms with van der Waals surface area (Å²) >= 11 is 0. The van der Waals surface area contributed by atoms with E-state index in [4.69, 9.17) is 0 Å². The van der Waals surface area contributed by atoms with Crippen molar-refractivity contribution in [1.82, 2.24) is 4.98 Å². The third-order valence-electron chi connectivity index (χ3n) is 3.01. The first-order valence-electron chi connectivity index (χ1n) is 6.28. The third-order valence-corrected chi connectivity index (χ3v) is 3.01. The third kappa shape index (κ3) is 2.45. The number of pyridine rings is 1. The first-order chi connectivity index (χ1) is 8.51. The van der Waals surface area contributed by atoms with Gasteiger partial charge in [0.25, 0.3) is 0 Å². The minimum absolute atomic E-state index is 0.226. The molecule has 0 aliphatic carbocycles. The zero-order valence-electron chi connectivity index (χ0n) is 11.3. The van der Waals surface area contributed by atoms with E-state index in [0.29, 0.717) is 5.92 Å². The van der Waals surface area contributed by atoms with Gasteiger partial charge < -0.3 is 5.32 Å². The molecule has 2 aromatic rings. The molecule has 0 aliphatic heterocycles. The summed E-state index contributed by atoms with van der Waals surface area (Å²) in [5, 5.41) is 4.19. The summed E-state index contributed by atoms with van der Waals surface area (Å²) in [5.74, 6) is 0.311. The van der Waals surface area contributed by atoms with Crippen LogP contribution < -0.4 is 5.32 Å². The van der Waals surface area contributed by atoms with Gasteiger partial charge >= 0.3 is 0 Å². The van der Waals surface area contributed by atoms with E-state index in [0.717, 1.165) is 34.3 Å². The molecule has 0 amide bonds. The van der Waals surface area contributed by atoms with Crippen LogP contribution in [0.2, 0.25) is 0 Å². The molecular weight excluding hydrogens is 227 g/mol. The molecule has 1 heterocycles. The van der Waals surface area contributed by atoms with Gasteiger partial charge in [0.05, 0.1) is 5.52 Å². The van der Waals surface area contributed by atoms with Crippen LogP contribution in [0.25, 0.3) is 10.9 Å². The number of hydrogen-bond donors (Lipinski definition) is 1. The van der Waals surface area contributed by atoms with Crippen LogP contribution in [-0.2, 0) is 6.42 Å². The molecule has 2 rings (SSSR count). The van der Waals surface area contributed by atoms with Crippen molar-refractivity contribution in [3.63, 3.8) is 0 Å². The molecule has 0 atom stereocenters. The molecule has 1 N–H and O–H groups in total. The maximum absolute atomic E-state index is 13.5. The summed E-state index contributed by atoms with van der Waals surface area (Å²) in [5.41, 5.74) is 3.67. The fourth-order valence-electron chi connectivity index (χ4n) is 2.31. The Morgan fingerprint density at radius 1 is 1.28 bits per heavy atom. The zero-order valence-corrected chi connectivity index (χ0v) is 11.3. The van der Waals surface area contributed by atoms with E-state index in [9.17, 15) is 4.39 Å². The van der Waals surface area contributed by atoms with Crippen LogP contribution in [0, 0.1) is 18.7 Å². The molecule has 0 spiro atoms. The number of fused-ring (bicyclic) bond motifs is 1. The number of aryl methyl sites for hydroxylation is 1. The number of aromatic nitrogens is 1. The molecular formula is C15H19FN2. The highest BCUT2D eigenvalue weighted by molar-refractivity contribution is 5.94. The van der Waals surface area contributed by atoms with E-state index in [1.807, 2.05) is 14.0 Å². The lowest BCUT2D eigenvalue weighted by molar-refractivity contribution is 0.627. The van der Waals surface area contributed by atoms with Crippen LogP contribution in [0.15, 0.2) is 18.2 Å². The fourth-order valence-corrected chi connectivity index (χ4v) is 2.31. The molecule has 0 saturated heterocycles. The minimum atomic E-state index is -0.226. The number of nitrogens with one attached hydrogen (secondary N) is 1. The zero-order chi connectivity index (χ0) is 13.3. The molecule has 0 unspecified atom stereocenters. The molecule has 0 radical (unpaired) electrons. The van der Waals surface area contributed by atoms with Crippen LogP contribution in [0.5, 0.6) is 0 Å². The van der Waals surface area contributed by atoms with Crippen molar-refractivity contribution in [2.24, 2.45) is 5.92 Å². The summed E-state index contributed by atoms with van der Waals surface area (Å²) in [4.78, 5) is 4.57. The Hall–Kier alpha value is -1.64. The van der Waals surface area contributed by atoms with Gasteiger partial charge in [0.1, 0.15) is 5.82 Å². The molecule has 0 aliphatic rings. The van der Waals surface area contributed by atoms with Crippen molar-refractivity contribution in [1.29, 1.82) is 0 Å². The number of halogens is 1. The fraction of sp³-hybridized carbons (Fsp3) is 0.400. The van der Waals surface area contributed by atoms with Gasteiger partial charge in [-0.2, -0.15) is 0 Å². The second-order valence-electron chi connectivity index (χ2n) is 5.13. The summed E-state index contributed by atoms with van der Waals surface area (Å²) in [6.45, 7) is 6.22. The molecule has 1 aromatic carbocycles. The Labute approximate surface area is 107 Å². The van der Waals surface area contributed by atoms with Crippen LogP contribution in [0.4, 0.5) is 10.1 Å². The van der Waals surface area contributed by atoms with Gasteiger partial charge in [-0.15, -0.1) is 0 Å². The predicted molar refractivity (Wildman–Crippen MR) is 74.5 cm³/mol. The highest BCUT2D eigenvalue weighted by Crippen LogP contribution is 2.28. The Kier molecular flexibility index (Phi) is 3.50. The first-order valence-corrected chi connectivity index (χ1v) is 6.28. The molecule has 0 saturated carbocycles. The summed E-state index contributed by atoms with van der Waals surface area (Å²) in [7, 11) is 1.89. The Bertz CT molecular complexity index is 576. The number of benzene rings is 1. The van der Waals surface area contributed by atoms with Gasteiger partial charge in [-0.1, -0.05) is 13.8 Å². The normalized spacial score (nSPS) is 11.2. The Morgan fingerprint density at radius 3 is 2.61 bits per heavy atom. The van der Waals surface area contributed by atoms with Gasteiger partial charge in [-0.05, 0) is 37.0 Å². The maximum Gasteiger partial charge on any atom is 0.125 e. The predicted octanol–water partition coefficient (Wildman–Crippen LogP) is 3.92. The SMILES string of the molecule is CNc1cc(CC(C)C)nc2cc(F)cc(C)c12. The molecule has 3 heteroatoms. The van der Waals surface area contributed by atoms with E-state index in [1.165, 1.54) is 6.07 Å². The number of anilines is 1. The van der Waals surface area contributed by atoms with E-state index in [2.05, 4.69) is 30.2 Å². The van der Waals surface area contributed by atoms with Crippen LogP contribution in [0.3, 0.4) is 0 Å². The Morgan fingerprint density at radius 2 is 2.00 bits per heavy atom. The van der Waals surface area contributed by atoms with Crippen molar-refractivity contribution in [2.45, 2.75) is 27.2 Å². The monoisotopic (exact) mass is 246 g/mol. The minimum Gasteiger partial charge on any atom is -0.388 e. The van der Waals surface area contributed by atoms with Gasteiger partial charge in [-0.3, -0.25) is 4.98 Å². The van der Waals surface area contributed by atoms with Crippen LogP contribution in [-0.4, -0.2) is 12.0 Å². The smallest absolute Gasteiger partial charge is 0.125 e. The standard InChI is InChI=1S/C15H19FN2/c1-9(2)5-12-8-13(17-4)15-10(3)6-11(16)7-14(15)18-12/h6-9H,5H2,1-4H3,(H,17,18). The lowest BCUT2D eigenvalue weighted by atomic mass is 10.0. The highest BCUT2D eigenvalue weighted by atomic mass is 19.1. The molecule has 96 valence electrons. The van der Waals surface area contributed by atoms with E-state index in [-0.39, 0.29) is 5.82 Å². The summed E-state index contributed by atoms with van der Waals surface area (Å²) < 4.78 is 13.5. The van der Waals surface area contributed by atoms with E-state index >= 15 is 0 Å². The Balaban J connectivity index is 2.67. The average molecular weight is 246 g/mol. The number of nitrogens with zero attached hydrogens (tertiary/aromatic N) is 1. The van der Waals surface area contributed by atoms with Gasteiger partial charge in [0.2, 0.25) is 0 Å². The van der Waals surface area contributed by atoms with Gasteiger partial charge in [0, 0.05) is 29.9 Å². The number of hydrogen-bond acceptors (Lipinski definition) is 2. The lowest BCUT2D eigenvalue weighted by Crippen LogP contribution is -2.01. The van der Waals surface area contributed by atoms with E-state index < -0.39 is 0 Å². The topological polar surface area (TPSA) is 24.9 Å².